The minimum atomic E-state index is 0.184. The lowest BCUT2D eigenvalue weighted by molar-refractivity contribution is -0.0138. The Bertz CT molecular complexity index is 719. The molecule has 1 saturated heterocycles. The molecule has 5 heteroatoms. The molecule has 4 rings (SSSR count). The van der Waals surface area contributed by atoms with E-state index >= 15 is 0 Å². The largest absolute Gasteiger partial charge is 0.374 e. The van der Waals surface area contributed by atoms with Crippen molar-refractivity contribution < 1.29 is 4.74 Å². The average molecular weight is 308 g/mol. The fourth-order valence-corrected chi connectivity index (χ4v) is 3.22. The molecule has 0 saturated carbocycles. The van der Waals surface area contributed by atoms with Crippen LogP contribution < -0.4 is 0 Å². The third kappa shape index (κ3) is 3.19. The standard InChI is InChI=1S/C18H20N4O/c1-7-20-22(9-1)17-4-2-16(3-5-17)18-12-15(6-11-23-18)13-21-10-8-19-14-21/h1-5,7-10,14-15,18H,6,11-13H2. The van der Waals surface area contributed by atoms with Gasteiger partial charge in [-0.3, -0.25) is 0 Å². The van der Waals surface area contributed by atoms with Gasteiger partial charge in [-0.05, 0) is 42.5 Å². The van der Waals surface area contributed by atoms with Crippen LogP contribution in [0.5, 0.6) is 0 Å². The van der Waals surface area contributed by atoms with E-state index in [0.29, 0.717) is 5.92 Å². The third-order valence-corrected chi connectivity index (χ3v) is 4.45. The van der Waals surface area contributed by atoms with E-state index in [1.54, 1.807) is 6.20 Å². The van der Waals surface area contributed by atoms with Crippen LogP contribution >= 0.6 is 0 Å². The highest BCUT2D eigenvalue weighted by atomic mass is 16.5. The molecule has 1 aliphatic heterocycles. The first-order chi connectivity index (χ1) is 11.4. The van der Waals surface area contributed by atoms with Crippen LogP contribution in [0.4, 0.5) is 0 Å². The van der Waals surface area contributed by atoms with Gasteiger partial charge in [-0.2, -0.15) is 5.10 Å². The van der Waals surface area contributed by atoms with Crippen molar-refractivity contribution in [2.75, 3.05) is 6.61 Å². The minimum Gasteiger partial charge on any atom is -0.374 e. The molecule has 3 heterocycles. The molecule has 2 unspecified atom stereocenters. The van der Waals surface area contributed by atoms with Gasteiger partial charge in [0.15, 0.2) is 0 Å². The Hall–Kier alpha value is -2.40. The number of aromatic nitrogens is 4. The van der Waals surface area contributed by atoms with E-state index in [2.05, 4.69) is 38.9 Å². The summed E-state index contributed by atoms with van der Waals surface area (Å²) in [4.78, 5) is 4.12. The van der Waals surface area contributed by atoms with Crippen molar-refractivity contribution in [1.29, 1.82) is 0 Å². The highest BCUT2D eigenvalue weighted by Gasteiger charge is 2.24. The van der Waals surface area contributed by atoms with Gasteiger partial charge < -0.3 is 9.30 Å². The third-order valence-electron chi connectivity index (χ3n) is 4.45. The number of hydrogen-bond acceptors (Lipinski definition) is 3. The first kappa shape index (κ1) is 14.2. The zero-order valence-corrected chi connectivity index (χ0v) is 13.0. The maximum Gasteiger partial charge on any atom is 0.0945 e. The molecule has 0 spiro atoms. The van der Waals surface area contributed by atoms with E-state index < -0.39 is 0 Å². The van der Waals surface area contributed by atoms with Crippen molar-refractivity contribution in [1.82, 2.24) is 19.3 Å². The number of benzene rings is 1. The van der Waals surface area contributed by atoms with Crippen LogP contribution in [0.2, 0.25) is 0 Å². The second-order valence-electron chi connectivity index (χ2n) is 6.05. The summed E-state index contributed by atoms with van der Waals surface area (Å²) >= 11 is 0. The van der Waals surface area contributed by atoms with Gasteiger partial charge in [-0.1, -0.05) is 12.1 Å². The predicted molar refractivity (Wildman–Crippen MR) is 87.2 cm³/mol. The second kappa shape index (κ2) is 6.38. The quantitative estimate of drug-likeness (QED) is 0.743. The Morgan fingerprint density at radius 2 is 2.04 bits per heavy atom. The summed E-state index contributed by atoms with van der Waals surface area (Å²) in [6.45, 7) is 1.84. The van der Waals surface area contributed by atoms with Crippen LogP contribution in [0, 0.1) is 5.92 Å². The zero-order chi connectivity index (χ0) is 15.5. The van der Waals surface area contributed by atoms with E-state index in [1.165, 1.54) is 5.56 Å². The Labute approximate surface area is 135 Å². The van der Waals surface area contributed by atoms with Crippen LogP contribution in [0.1, 0.15) is 24.5 Å². The smallest absolute Gasteiger partial charge is 0.0945 e. The molecule has 3 aromatic rings. The van der Waals surface area contributed by atoms with Crippen LogP contribution in [0.15, 0.2) is 61.4 Å². The maximum atomic E-state index is 6.00. The SMILES string of the molecule is c1cnn(-c2ccc(C3CC(Cn4ccnc4)CCO3)cc2)c1. The van der Waals surface area contributed by atoms with Gasteiger partial charge in [0.25, 0.3) is 0 Å². The first-order valence-electron chi connectivity index (χ1n) is 8.06. The molecule has 0 bridgehead atoms. The van der Waals surface area contributed by atoms with Crippen molar-refractivity contribution >= 4 is 0 Å². The molecule has 1 fully saturated rings. The van der Waals surface area contributed by atoms with Gasteiger partial charge >= 0.3 is 0 Å². The van der Waals surface area contributed by atoms with Crippen molar-refractivity contribution in [3.05, 3.63) is 67.0 Å². The molecule has 0 amide bonds. The lowest BCUT2D eigenvalue weighted by Gasteiger charge is -2.30. The Balaban J connectivity index is 1.44. The molecule has 2 aromatic heterocycles. The molecular formula is C18H20N4O. The second-order valence-corrected chi connectivity index (χ2v) is 6.05. The summed E-state index contributed by atoms with van der Waals surface area (Å²) in [5.41, 5.74) is 2.32. The molecule has 2 atom stereocenters. The number of rotatable bonds is 4. The zero-order valence-electron chi connectivity index (χ0n) is 13.0. The molecule has 1 aromatic carbocycles. The highest BCUT2D eigenvalue weighted by Crippen LogP contribution is 2.32. The van der Waals surface area contributed by atoms with Crippen LogP contribution in [-0.4, -0.2) is 25.9 Å². The fourth-order valence-electron chi connectivity index (χ4n) is 3.22. The van der Waals surface area contributed by atoms with Gasteiger partial charge in [0, 0.05) is 37.9 Å². The van der Waals surface area contributed by atoms with Crippen LogP contribution in [0.3, 0.4) is 0 Å². The summed E-state index contributed by atoms with van der Waals surface area (Å²) < 4.78 is 10.0. The van der Waals surface area contributed by atoms with Crippen LogP contribution in [-0.2, 0) is 11.3 Å². The molecule has 1 aliphatic rings. The van der Waals surface area contributed by atoms with Gasteiger partial charge in [0.1, 0.15) is 0 Å². The lowest BCUT2D eigenvalue weighted by Crippen LogP contribution is -2.23. The monoisotopic (exact) mass is 308 g/mol. The molecule has 0 radical (unpaired) electrons. The number of hydrogen-bond donors (Lipinski definition) is 0. The Kier molecular flexibility index (Phi) is 3.94. The topological polar surface area (TPSA) is 44.9 Å². The van der Waals surface area contributed by atoms with Gasteiger partial charge in [0.2, 0.25) is 0 Å². The molecule has 118 valence electrons. The van der Waals surface area contributed by atoms with Crippen molar-refractivity contribution in [3.8, 4) is 5.69 Å². The minimum absolute atomic E-state index is 0.184. The fraction of sp³-hybridized carbons (Fsp3) is 0.333. The molecule has 0 N–H and O–H groups in total. The maximum absolute atomic E-state index is 6.00. The van der Waals surface area contributed by atoms with E-state index in [-0.39, 0.29) is 6.10 Å². The number of imidazole rings is 1. The Morgan fingerprint density at radius 1 is 1.13 bits per heavy atom. The molecule has 5 nitrogen and oxygen atoms in total. The van der Waals surface area contributed by atoms with Gasteiger partial charge in [-0.15, -0.1) is 0 Å². The summed E-state index contributed by atoms with van der Waals surface area (Å²) in [5.74, 6) is 0.633. The van der Waals surface area contributed by atoms with Crippen LogP contribution in [0.25, 0.3) is 5.69 Å². The molecule has 23 heavy (non-hydrogen) atoms. The summed E-state index contributed by atoms with van der Waals surface area (Å²) in [7, 11) is 0. The van der Waals surface area contributed by atoms with E-state index in [0.717, 1.165) is 31.7 Å². The van der Waals surface area contributed by atoms with Gasteiger partial charge in [0.05, 0.1) is 18.1 Å². The normalized spacial score (nSPS) is 21.4. The summed E-state index contributed by atoms with van der Waals surface area (Å²) in [6, 6.07) is 10.4. The van der Waals surface area contributed by atoms with E-state index in [9.17, 15) is 0 Å². The highest BCUT2D eigenvalue weighted by molar-refractivity contribution is 5.34. The van der Waals surface area contributed by atoms with Crippen molar-refractivity contribution in [3.63, 3.8) is 0 Å². The van der Waals surface area contributed by atoms with E-state index in [1.807, 2.05) is 35.7 Å². The summed E-state index contributed by atoms with van der Waals surface area (Å²) in [5, 5.41) is 4.26. The van der Waals surface area contributed by atoms with Crippen molar-refractivity contribution in [2.24, 2.45) is 5.92 Å². The average Bonchev–Trinajstić information content (AvgIpc) is 3.29. The molecule has 0 aliphatic carbocycles. The Morgan fingerprint density at radius 3 is 2.78 bits per heavy atom. The summed E-state index contributed by atoms with van der Waals surface area (Å²) in [6.07, 6.45) is 11.9. The predicted octanol–water partition coefficient (Wildman–Crippen LogP) is 3.24. The number of nitrogens with zero attached hydrogens (tertiary/aromatic N) is 4. The number of ether oxygens (including phenoxy) is 1. The lowest BCUT2D eigenvalue weighted by atomic mass is 9.91. The van der Waals surface area contributed by atoms with E-state index in [4.69, 9.17) is 4.74 Å². The first-order valence-corrected chi connectivity index (χ1v) is 8.06. The van der Waals surface area contributed by atoms with Gasteiger partial charge in [-0.25, -0.2) is 9.67 Å². The molecular weight excluding hydrogens is 288 g/mol. The van der Waals surface area contributed by atoms with Crippen molar-refractivity contribution in [2.45, 2.75) is 25.5 Å².